The highest BCUT2D eigenvalue weighted by molar-refractivity contribution is 5.89. The summed E-state index contributed by atoms with van der Waals surface area (Å²) in [4.78, 5) is 14.7. The number of aromatic carboxylic acids is 1. The van der Waals surface area contributed by atoms with Crippen LogP contribution in [-0.2, 0) is 6.18 Å². The molecule has 0 aliphatic heterocycles. The topological polar surface area (TPSA) is 67.5 Å². The summed E-state index contributed by atoms with van der Waals surface area (Å²) in [7, 11) is 0. The van der Waals surface area contributed by atoms with Gasteiger partial charge in [0.05, 0.1) is 0 Å². The van der Waals surface area contributed by atoms with Crippen molar-refractivity contribution in [3.05, 3.63) is 29.2 Å². The van der Waals surface area contributed by atoms with Gasteiger partial charge in [-0.05, 0) is 18.9 Å². The van der Waals surface area contributed by atoms with Gasteiger partial charge in [-0.2, -0.15) is 18.3 Å². The number of carboxylic acid groups (broad SMARTS) is 1. The molecule has 2 aromatic heterocycles. The lowest BCUT2D eigenvalue weighted by Gasteiger charge is -2.25. The van der Waals surface area contributed by atoms with Gasteiger partial charge in [-0.1, -0.05) is 6.42 Å². The highest BCUT2D eigenvalue weighted by Crippen LogP contribution is 2.39. The molecule has 2 heterocycles. The van der Waals surface area contributed by atoms with Crippen LogP contribution in [0.1, 0.15) is 46.9 Å². The number of aromatic nitrogens is 3. The van der Waals surface area contributed by atoms with Crippen molar-refractivity contribution in [3.8, 4) is 0 Å². The van der Waals surface area contributed by atoms with Crippen molar-refractivity contribution < 1.29 is 23.1 Å². The van der Waals surface area contributed by atoms with E-state index in [9.17, 15) is 18.0 Å². The van der Waals surface area contributed by atoms with Crippen LogP contribution in [-0.4, -0.2) is 25.7 Å². The Bertz CT molecular complexity index is 689. The first-order valence-electron chi connectivity index (χ1n) is 6.07. The van der Waals surface area contributed by atoms with E-state index in [1.54, 1.807) is 6.07 Å². The van der Waals surface area contributed by atoms with E-state index in [0.717, 1.165) is 23.8 Å². The third-order valence-electron chi connectivity index (χ3n) is 3.56. The molecule has 3 rings (SSSR count). The Labute approximate surface area is 111 Å². The lowest BCUT2D eigenvalue weighted by molar-refractivity contribution is -0.137. The molecule has 0 spiro atoms. The zero-order valence-corrected chi connectivity index (χ0v) is 10.2. The average Bonchev–Trinajstić information content (AvgIpc) is 2.66. The van der Waals surface area contributed by atoms with Gasteiger partial charge in [0.2, 0.25) is 0 Å². The van der Waals surface area contributed by atoms with Crippen LogP contribution in [0.25, 0.3) is 5.65 Å². The molecule has 106 valence electrons. The molecule has 0 amide bonds. The van der Waals surface area contributed by atoms with Gasteiger partial charge >= 0.3 is 12.1 Å². The van der Waals surface area contributed by atoms with Crippen LogP contribution in [0, 0.1) is 0 Å². The van der Waals surface area contributed by atoms with E-state index in [1.165, 1.54) is 6.20 Å². The van der Waals surface area contributed by atoms with Gasteiger partial charge in [0, 0.05) is 17.8 Å². The maximum absolute atomic E-state index is 13.0. The molecule has 0 atom stereocenters. The second kappa shape index (κ2) is 4.19. The fraction of sp³-hybridized carbons (Fsp3) is 0.417. The summed E-state index contributed by atoms with van der Waals surface area (Å²) in [5.41, 5.74) is -2.15. The second-order valence-electron chi connectivity index (χ2n) is 4.76. The molecule has 0 saturated heterocycles. The number of halogens is 3. The van der Waals surface area contributed by atoms with Gasteiger partial charge in [-0.3, -0.25) is 0 Å². The van der Waals surface area contributed by atoms with Crippen LogP contribution in [0.15, 0.2) is 12.3 Å². The first kappa shape index (κ1) is 12.9. The van der Waals surface area contributed by atoms with Crippen molar-refractivity contribution in [2.45, 2.75) is 31.4 Å². The van der Waals surface area contributed by atoms with Gasteiger partial charge in [0.25, 0.3) is 0 Å². The van der Waals surface area contributed by atoms with Gasteiger partial charge < -0.3 is 5.11 Å². The van der Waals surface area contributed by atoms with Crippen molar-refractivity contribution in [2.24, 2.45) is 0 Å². The number of carboxylic acids is 1. The number of nitrogens with zero attached hydrogens (tertiary/aromatic N) is 3. The first-order valence-corrected chi connectivity index (χ1v) is 6.07. The van der Waals surface area contributed by atoms with Crippen LogP contribution in [0.4, 0.5) is 13.2 Å². The third-order valence-corrected chi connectivity index (χ3v) is 3.56. The normalized spacial score (nSPS) is 16.4. The minimum atomic E-state index is -4.80. The molecule has 8 heteroatoms. The Morgan fingerprint density at radius 3 is 2.60 bits per heavy atom. The number of alkyl halides is 3. The van der Waals surface area contributed by atoms with Gasteiger partial charge in [-0.25, -0.2) is 14.3 Å². The molecule has 20 heavy (non-hydrogen) atoms. The van der Waals surface area contributed by atoms with Gasteiger partial charge in [0.15, 0.2) is 11.3 Å². The molecule has 1 fully saturated rings. The van der Waals surface area contributed by atoms with Crippen molar-refractivity contribution in [2.75, 3.05) is 0 Å². The number of fused-ring (bicyclic) bond motifs is 1. The second-order valence-corrected chi connectivity index (χ2v) is 4.76. The molecule has 0 aromatic carbocycles. The Hall–Kier alpha value is -2.12. The maximum Gasteiger partial charge on any atom is 0.422 e. The minimum Gasteiger partial charge on any atom is -0.476 e. The van der Waals surface area contributed by atoms with Crippen molar-refractivity contribution >= 4 is 11.6 Å². The third kappa shape index (κ3) is 1.83. The highest BCUT2D eigenvalue weighted by atomic mass is 19.4. The van der Waals surface area contributed by atoms with Crippen molar-refractivity contribution in [3.63, 3.8) is 0 Å². The zero-order chi connectivity index (χ0) is 14.5. The number of hydrogen-bond donors (Lipinski definition) is 1. The monoisotopic (exact) mass is 285 g/mol. The Morgan fingerprint density at radius 2 is 2.10 bits per heavy atom. The predicted octanol–water partition coefficient (Wildman–Crippen LogP) is 2.71. The van der Waals surface area contributed by atoms with E-state index in [0.29, 0.717) is 5.69 Å². The molecule has 1 aliphatic carbocycles. The molecule has 0 bridgehead atoms. The summed E-state index contributed by atoms with van der Waals surface area (Å²) in [6.07, 6.45) is -0.800. The van der Waals surface area contributed by atoms with Crippen LogP contribution >= 0.6 is 0 Å². The fourth-order valence-corrected chi connectivity index (χ4v) is 2.39. The summed E-state index contributed by atoms with van der Waals surface area (Å²) >= 11 is 0. The average molecular weight is 285 g/mol. The standard InChI is InChI=1S/C12H10F3N3O2/c13-12(14,15)8-9(11(19)20)17-18-7(6-2-1-3-6)4-5-16-10(8)18/h4-6H,1-3H2,(H,19,20). The van der Waals surface area contributed by atoms with Crippen LogP contribution < -0.4 is 0 Å². The van der Waals surface area contributed by atoms with E-state index >= 15 is 0 Å². The molecular formula is C12H10F3N3O2. The molecule has 1 N–H and O–H groups in total. The van der Waals surface area contributed by atoms with Crippen LogP contribution in [0.5, 0.6) is 0 Å². The number of hydrogen-bond acceptors (Lipinski definition) is 3. The lowest BCUT2D eigenvalue weighted by Crippen LogP contribution is -2.14. The molecule has 5 nitrogen and oxygen atoms in total. The molecular weight excluding hydrogens is 275 g/mol. The quantitative estimate of drug-likeness (QED) is 0.921. The zero-order valence-electron chi connectivity index (χ0n) is 10.2. The number of rotatable bonds is 2. The molecule has 0 unspecified atom stereocenters. The van der Waals surface area contributed by atoms with E-state index < -0.39 is 29.1 Å². The van der Waals surface area contributed by atoms with E-state index in [4.69, 9.17) is 5.11 Å². The Balaban J connectivity index is 2.30. The molecule has 0 radical (unpaired) electrons. The maximum atomic E-state index is 13.0. The summed E-state index contributed by atoms with van der Waals surface area (Å²) in [5.74, 6) is -1.59. The van der Waals surface area contributed by atoms with E-state index in [-0.39, 0.29) is 5.92 Å². The Morgan fingerprint density at radius 1 is 1.40 bits per heavy atom. The highest BCUT2D eigenvalue weighted by Gasteiger charge is 2.41. The molecule has 1 saturated carbocycles. The fourth-order valence-electron chi connectivity index (χ4n) is 2.39. The summed E-state index contributed by atoms with van der Waals surface area (Å²) in [5, 5.41) is 12.5. The summed E-state index contributed by atoms with van der Waals surface area (Å²) in [6, 6.07) is 1.59. The minimum absolute atomic E-state index is 0.114. The molecule has 2 aromatic rings. The van der Waals surface area contributed by atoms with E-state index in [1.807, 2.05) is 0 Å². The summed E-state index contributed by atoms with van der Waals surface area (Å²) < 4.78 is 40.2. The van der Waals surface area contributed by atoms with Crippen LogP contribution in [0.3, 0.4) is 0 Å². The summed E-state index contributed by atoms with van der Waals surface area (Å²) in [6.45, 7) is 0. The number of carbonyl (C=O) groups is 1. The lowest BCUT2D eigenvalue weighted by atomic mass is 9.83. The van der Waals surface area contributed by atoms with Gasteiger partial charge in [-0.15, -0.1) is 0 Å². The smallest absolute Gasteiger partial charge is 0.422 e. The first-order chi connectivity index (χ1) is 9.39. The molecule has 1 aliphatic rings. The largest absolute Gasteiger partial charge is 0.476 e. The van der Waals surface area contributed by atoms with Crippen molar-refractivity contribution in [1.82, 2.24) is 14.6 Å². The van der Waals surface area contributed by atoms with E-state index in [2.05, 4.69) is 10.1 Å². The Kier molecular flexibility index (Phi) is 2.70. The predicted molar refractivity (Wildman–Crippen MR) is 61.5 cm³/mol. The van der Waals surface area contributed by atoms with Gasteiger partial charge in [0.1, 0.15) is 5.56 Å². The van der Waals surface area contributed by atoms with Crippen molar-refractivity contribution in [1.29, 1.82) is 0 Å². The van der Waals surface area contributed by atoms with Crippen LogP contribution in [0.2, 0.25) is 0 Å². The SMILES string of the molecule is O=C(O)c1nn2c(C3CCC3)ccnc2c1C(F)(F)F.